The third kappa shape index (κ3) is 5.63. The summed E-state index contributed by atoms with van der Waals surface area (Å²) in [5, 5.41) is 7.80. The van der Waals surface area contributed by atoms with Crippen LogP contribution in [0.3, 0.4) is 0 Å². The second kappa shape index (κ2) is 10.7. The zero-order chi connectivity index (χ0) is 24.9. The van der Waals surface area contributed by atoms with Crippen molar-refractivity contribution >= 4 is 11.7 Å². The minimum Gasteiger partial charge on any atom is -0.372 e. The fraction of sp³-hybridized carbons (Fsp3) is 0.276. The summed E-state index contributed by atoms with van der Waals surface area (Å²) in [7, 11) is 0. The summed E-state index contributed by atoms with van der Waals surface area (Å²) < 4.78 is 7.65. The fourth-order valence-electron chi connectivity index (χ4n) is 4.60. The van der Waals surface area contributed by atoms with Crippen molar-refractivity contribution in [3.05, 3.63) is 102 Å². The highest BCUT2D eigenvalue weighted by Gasteiger charge is 2.23. The van der Waals surface area contributed by atoms with Crippen LogP contribution in [-0.2, 0) is 17.8 Å². The van der Waals surface area contributed by atoms with Gasteiger partial charge < -0.3 is 15.0 Å². The van der Waals surface area contributed by atoms with Gasteiger partial charge >= 0.3 is 0 Å². The molecule has 184 valence electrons. The van der Waals surface area contributed by atoms with Crippen molar-refractivity contribution in [3.63, 3.8) is 0 Å². The summed E-state index contributed by atoms with van der Waals surface area (Å²) in [5.74, 6) is 0.772. The average molecular weight is 482 g/mol. The van der Waals surface area contributed by atoms with Gasteiger partial charge in [0.15, 0.2) is 0 Å². The molecule has 4 aromatic rings. The summed E-state index contributed by atoms with van der Waals surface area (Å²) in [5.41, 5.74) is 4.21. The molecule has 1 N–H and O–H groups in total. The van der Waals surface area contributed by atoms with Crippen LogP contribution in [0.5, 0.6) is 0 Å². The zero-order valence-corrected chi connectivity index (χ0v) is 20.7. The van der Waals surface area contributed by atoms with E-state index in [1.54, 1.807) is 0 Å². The number of amides is 1. The third-order valence-electron chi connectivity index (χ3n) is 6.25. The van der Waals surface area contributed by atoms with Gasteiger partial charge in [-0.2, -0.15) is 5.10 Å². The molecular weight excluding hydrogens is 450 g/mol. The van der Waals surface area contributed by atoms with E-state index in [0.29, 0.717) is 24.3 Å². The lowest BCUT2D eigenvalue weighted by Crippen LogP contribution is -2.45. The van der Waals surface area contributed by atoms with E-state index >= 15 is 0 Å². The Hall–Kier alpha value is -3.97. The second-order valence-corrected chi connectivity index (χ2v) is 9.31. The number of nitrogens with one attached hydrogen (secondary N) is 1. The molecule has 1 aliphatic heterocycles. The molecule has 1 amide bonds. The van der Waals surface area contributed by atoms with Crippen LogP contribution in [0.25, 0.3) is 11.3 Å². The number of hydrogen-bond donors (Lipinski definition) is 1. The number of carbonyl (C=O) groups excluding carboxylic acids is 1. The van der Waals surface area contributed by atoms with E-state index in [2.05, 4.69) is 41.2 Å². The number of nitrogens with zero attached hydrogens (tertiary/aromatic N) is 4. The molecule has 3 heterocycles. The topological polar surface area (TPSA) is 72.3 Å². The third-order valence-corrected chi connectivity index (χ3v) is 6.25. The molecule has 2 aromatic carbocycles. The Bertz CT molecular complexity index is 1280. The number of rotatable bonds is 7. The second-order valence-electron chi connectivity index (χ2n) is 9.31. The highest BCUT2D eigenvalue weighted by molar-refractivity contribution is 5.99. The number of morpholine rings is 1. The van der Waals surface area contributed by atoms with Crippen LogP contribution < -0.4 is 10.2 Å². The molecular formula is C29H31N5O2. The molecule has 0 spiro atoms. The molecule has 2 aromatic heterocycles. The van der Waals surface area contributed by atoms with Crippen LogP contribution in [-0.4, -0.2) is 46.0 Å². The van der Waals surface area contributed by atoms with Crippen LogP contribution in [0.1, 0.15) is 35.3 Å². The molecule has 7 heteroatoms. The van der Waals surface area contributed by atoms with Gasteiger partial charge in [0.2, 0.25) is 0 Å². The summed E-state index contributed by atoms with van der Waals surface area (Å²) in [6.45, 7) is 6.79. The van der Waals surface area contributed by atoms with Gasteiger partial charge in [-0.1, -0.05) is 66.7 Å². The van der Waals surface area contributed by atoms with Crippen molar-refractivity contribution in [1.29, 1.82) is 0 Å². The predicted octanol–water partition coefficient (Wildman–Crippen LogP) is 4.54. The van der Waals surface area contributed by atoms with Crippen LogP contribution in [0.4, 0.5) is 5.82 Å². The first-order valence-electron chi connectivity index (χ1n) is 12.4. The van der Waals surface area contributed by atoms with Gasteiger partial charge in [0.1, 0.15) is 11.5 Å². The molecule has 0 aliphatic carbocycles. The first-order valence-corrected chi connectivity index (χ1v) is 12.4. The first kappa shape index (κ1) is 23.8. The number of hydrogen-bond acceptors (Lipinski definition) is 5. The molecule has 0 radical (unpaired) electrons. The number of carbonyl (C=O) groups is 1. The molecule has 1 saturated heterocycles. The first-order chi connectivity index (χ1) is 17.5. The molecule has 2 atom stereocenters. The maximum atomic E-state index is 13.3. The molecule has 5 rings (SSSR count). The smallest absolute Gasteiger partial charge is 0.255 e. The number of aromatic nitrogens is 3. The monoisotopic (exact) mass is 481 g/mol. The number of ether oxygens (including phenoxy) is 1. The van der Waals surface area contributed by atoms with Gasteiger partial charge in [0.25, 0.3) is 5.91 Å². The van der Waals surface area contributed by atoms with Crippen LogP contribution in [0.15, 0.2) is 85.2 Å². The summed E-state index contributed by atoms with van der Waals surface area (Å²) >= 11 is 0. The van der Waals surface area contributed by atoms with E-state index in [9.17, 15) is 4.79 Å². The van der Waals surface area contributed by atoms with E-state index in [0.717, 1.165) is 35.6 Å². The van der Waals surface area contributed by atoms with Crippen LogP contribution in [0.2, 0.25) is 0 Å². The predicted molar refractivity (Wildman–Crippen MR) is 141 cm³/mol. The highest BCUT2D eigenvalue weighted by atomic mass is 16.5. The van der Waals surface area contributed by atoms with Crippen LogP contribution >= 0.6 is 0 Å². The van der Waals surface area contributed by atoms with E-state index in [-0.39, 0.29) is 18.1 Å². The van der Waals surface area contributed by atoms with Crippen molar-refractivity contribution in [2.75, 3.05) is 18.0 Å². The van der Waals surface area contributed by atoms with Gasteiger partial charge in [-0.15, -0.1) is 0 Å². The molecule has 0 saturated carbocycles. The standard InChI is InChI=1S/C29H31N5O2/c1-21-17-33(18-22(2)36-21)27-14-13-24(15-30-27)16-31-29(35)26-20-34(19-23-9-5-3-6-10-23)32-28(26)25-11-7-4-8-12-25/h3-15,20-22H,16-19H2,1-2H3,(H,31,35). The summed E-state index contributed by atoms with van der Waals surface area (Å²) in [6.07, 6.45) is 4.01. The molecule has 0 bridgehead atoms. The SMILES string of the molecule is CC1CN(c2ccc(CNC(=O)c3cn(Cc4ccccc4)nc3-c3ccccc3)cn2)CC(C)O1. The Morgan fingerprint density at radius 1 is 0.944 bits per heavy atom. The lowest BCUT2D eigenvalue weighted by molar-refractivity contribution is -0.00546. The minimum atomic E-state index is -0.159. The van der Waals surface area contributed by atoms with E-state index in [1.165, 1.54) is 0 Å². The average Bonchev–Trinajstić information content (AvgIpc) is 3.32. The quantitative estimate of drug-likeness (QED) is 0.420. The lowest BCUT2D eigenvalue weighted by atomic mass is 10.1. The maximum absolute atomic E-state index is 13.3. The molecule has 2 unspecified atom stereocenters. The van der Waals surface area contributed by atoms with Crippen molar-refractivity contribution in [1.82, 2.24) is 20.1 Å². The largest absolute Gasteiger partial charge is 0.372 e. The van der Waals surface area contributed by atoms with Gasteiger partial charge in [-0.25, -0.2) is 4.98 Å². The van der Waals surface area contributed by atoms with Crippen molar-refractivity contribution in [2.24, 2.45) is 0 Å². The molecule has 1 aliphatic rings. The Labute approximate surface area is 211 Å². The number of benzene rings is 2. The van der Waals surface area contributed by atoms with Crippen molar-refractivity contribution in [2.45, 2.75) is 39.1 Å². The van der Waals surface area contributed by atoms with Gasteiger partial charge in [-0.3, -0.25) is 9.48 Å². The zero-order valence-electron chi connectivity index (χ0n) is 20.7. The Morgan fingerprint density at radius 2 is 1.64 bits per heavy atom. The Kier molecular flexibility index (Phi) is 7.09. The van der Waals surface area contributed by atoms with Gasteiger partial charge in [-0.05, 0) is 31.0 Å². The van der Waals surface area contributed by atoms with E-state index in [1.807, 2.05) is 77.7 Å². The minimum absolute atomic E-state index is 0.159. The van der Waals surface area contributed by atoms with E-state index < -0.39 is 0 Å². The molecule has 1 fully saturated rings. The van der Waals surface area contributed by atoms with E-state index in [4.69, 9.17) is 9.84 Å². The molecule has 7 nitrogen and oxygen atoms in total. The van der Waals surface area contributed by atoms with Gasteiger partial charge in [0.05, 0.1) is 24.3 Å². The fourth-order valence-corrected chi connectivity index (χ4v) is 4.60. The van der Waals surface area contributed by atoms with Gasteiger partial charge in [0, 0.05) is 37.6 Å². The number of anilines is 1. The van der Waals surface area contributed by atoms with Crippen molar-refractivity contribution in [3.8, 4) is 11.3 Å². The maximum Gasteiger partial charge on any atom is 0.255 e. The Morgan fingerprint density at radius 3 is 2.31 bits per heavy atom. The molecule has 36 heavy (non-hydrogen) atoms. The highest BCUT2D eigenvalue weighted by Crippen LogP contribution is 2.23. The van der Waals surface area contributed by atoms with Crippen LogP contribution in [0, 0.1) is 0 Å². The van der Waals surface area contributed by atoms with Crippen molar-refractivity contribution < 1.29 is 9.53 Å². The Balaban J connectivity index is 1.29. The summed E-state index contributed by atoms with van der Waals surface area (Å²) in [4.78, 5) is 20.1. The normalized spacial score (nSPS) is 17.7. The lowest BCUT2D eigenvalue weighted by Gasteiger charge is -2.36. The number of pyridine rings is 1. The summed E-state index contributed by atoms with van der Waals surface area (Å²) in [6, 6.07) is 24.0.